The highest BCUT2D eigenvalue weighted by Gasteiger charge is 2.31. The first-order valence-electron chi connectivity index (χ1n) is 9.31. The van der Waals surface area contributed by atoms with E-state index in [1.54, 1.807) is 6.92 Å². The molecule has 0 radical (unpaired) electrons. The Balaban J connectivity index is 2.74. The molecule has 11 nitrogen and oxygen atoms in total. The summed E-state index contributed by atoms with van der Waals surface area (Å²) in [6.45, 7) is 15.0. The molecule has 0 aliphatic rings. The first-order chi connectivity index (χ1) is 13.2. The van der Waals surface area contributed by atoms with Gasteiger partial charge in [-0.2, -0.15) is 0 Å². The summed E-state index contributed by atoms with van der Waals surface area (Å²) in [5.74, 6) is -0.260. The largest absolute Gasteiger partial charge is 0.411 e. The second kappa shape index (κ2) is 9.31. The second-order valence-corrected chi connectivity index (χ2v) is 9.01. The number of rotatable bonds is 11. The van der Waals surface area contributed by atoms with Crippen LogP contribution in [0.5, 0.6) is 0 Å². The SMILES string of the molecule is CC(=NO)C(C)(C)NCC(C)(C)CNC(C)(C)C(Cn1cnc([N+](=O)[O-])c1)=NO. The van der Waals surface area contributed by atoms with Crippen molar-refractivity contribution in [3.05, 3.63) is 22.6 Å². The Morgan fingerprint density at radius 3 is 2.14 bits per heavy atom. The number of nitrogens with one attached hydrogen (secondary N) is 2. The normalized spacial score (nSPS) is 14.3. The van der Waals surface area contributed by atoms with Crippen molar-refractivity contribution in [1.82, 2.24) is 20.2 Å². The summed E-state index contributed by atoms with van der Waals surface area (Å²) in [6.07, 6.45) is 2.63. The van der Waals surface area contributed by atoms with Gasteiger partial charge in [-0.05, 0) is 49.9 Å². The molecule has 0 unspecified atom stereocenters. The molecule has 11 heteroatoms. The highest BCUT2D eigenvalue weighted by Crippen LogP contribution is 2.18. The Bertz CT molecular complexity index is 766. The zero-order chi connectivity index (χ0) is 22.5. The number of nitro groups is 1. The van der Waals surface area contributed by atoms with Crippen LogP contribution in [0.1, 0.15) is 48.5 Å². The lowest BCUT2D eigenvalue weighted by Gasteiger charge is -2.36. The second-order valence-electron chi connectivity index (χ2n) is 9.01. The van der Waals surface area contributed by atoms with Gasteiger partial charge in [-0.15, -0.1) is 0 Å². The lowest BCUT2D eigenvalue weighted by Crippen LogP contribution is -2.55. The first-order valence-corrected chi connectivity index (χ1v) is 9.31. The third-order valence-electron chi connectivity index (χ3n) is 5.05. The van der Waals surface area contributed by atoms with Gasteiger partial charge in [-0.3, -0.25) is 0 Å². The summed E-state index contributed by atoms with van der Waals surface area (Å²) >= 11 is 0. The van der Waals surface area contributed by atoms with Crippen LogP contribution in [0.4, 0.5) is 5.82 Å². The van der Waals surface area contributed by atoms with Crippen molar-refractivity contribution in [3.8, 4) is 0 Å². The highest BCUT2D eigenvalue weighted by molar-refractivity contribution is 5.92. The monoisotopic (exact) mass is 411 g/mol. The smallest absolute Gasteiger partial charge is 0.381 e. The van der Waals surface area contributed by atoms with E-state index in [1.165, 1.54) is 17.1 Å². The molecule has 1 aromatic rings. The molecule has 1 rings (SSSR count). The molecule has 0 atom stereocenters. The summed E-state index contributed by atoms with van der Waals surface area (Å²) in [5.41, 5.74) is -0.278. The van der Waals surface area contributed by atoms with Gasteiger partial charge in [0.15, 0.2) is 0 Å². The van der Waals surface area contributed by atoms with Crippen molar-refractivity contribution in [1.29, 1.82) is 0 Å². The number of oxime groups is 2. The molecule has 0 saturated carbocycles. The van der Waals surface area contributed by atoms with E-state index in [2.05, 4.69) is 39.8 Å². The number of aromatic nitrogens is 2. The fourth-order valence-corrected chi connectivity index (χ4v) is 2.39. The fraction of sp³-hybridized carbons (Fsp3) is 0.722. The maximum absolute atomic E-state index is 10.8. The summed E-state index contributed by atoms with van der Waals surface area (Å²) in [4.78, 5) is 13.9. The van der Waals surface area contributed by atoms with Gasteiger partial charge in [0.05, 0.1) is 29.0 Å². The van der Waals surface area contributed by atoms with E-state index in [9.17, 15) is 15.3 Å². The van der Waals surface area contributed by atoms with Crippen LogP contribution in [0.25, 0.3) is 0 Å². The zero-order valence-electron chi connectivity index (χ0n) is 18.2. The summed E-state index contributed by atoms with van der Waals surface area (Å²) in [6, 6.07) is 0. The Labute approximate surface area is 171 Å². The molecule has 29 heavy (non-hydrogen) atoms. The minimum Gasteiger partial charge on any atom is -0.411 e. The molecule has 0 saturated heterocycles. The van der Waals surface area contributed by atoms with Gasteiger partial charge < -0.3 is 35.7 Å². The molecular weight excluding hydrogens is 378 g/mol. The Morgan fingerprint density at radius 2 is 1.69 bits per heavy atom. The van der Waals surface area contributed by atoms with E-state index >= 15 is 0 Å². The zero-order valence-corrected chi connectivity index (χ0v) is 18.2. The predicted molar refractivity (Wildman–Crippen MR) is 111 cm³/mol. The van der Waals surface area contributed by atoms with Crippen LogP contribution in [0, 0.1) is 15.5 Å². The highest BCUT2D eigenvalue weighted by atomic mass is 16.6. The Hall–Kier alpha value is -2.53. The molecule has 0 aliphatic heterocycles. The van der Waals surface area contributed by atoms with E-state index in [0.29, 0.717) is 24.5 Å². The van der Waals surface area contributed by atoms with Gasteiger partial charge in [-0.25, -0.2) is 0 Å². The third kappa shape index (κ3) is 7.09. The number of hydrogen-bond donors (Lipinski definition) is 4. The fourth-order valence-electron chi connectivity index (χ4n) is 2.39. The third-order valence-corrected chi connectivity index (χ3v) is 5.05. The van der Waals surface area contributed by atoms with Crippen LogP contribution in [0.15, 0.2) is 22.8 Å². The molecule has 1 aromatic heterocycles. The molecule has 164 valence electrons. The molecule has 0 fully saturated rings. The molecule has 1 heterocycles. The minimum absolute atomic E-state index is 0.162. The number of nitrogens with zero attached hydrogens (tertiary/aromatic N) is 5. The van der Waals surface area contributed by atoms with Gasteiger partial charge in [0, 0.05) is 13.1 Å². The summed E-state index contributed by atoms with van der Waals surface area (Å²) < 4.78 is 1.50. The van der Waals surface area contributed by atoms with Crippen LogP contribution < -0.4 is 10.6 Å². The molecule has 0 aliphatic carbocycles. The Kier molecular flexibility index (Phi) is 7.87. The van der Waals surface area contributed by atoms with Gasteiger partial charge >= 0.3 is 5.82 Å². The lowest BCUT2D eigenvalue weighted by molar-refractivity contribution is -0.389. The van der Waals surface area contributed by atoms with Gasteiger partial charge in [0.1, 0.15) is 6.20 Å². The molecule has 0 bridgehead atoms. The first kappa shape index (κ1) is 24.5. The number of hydrogen-bond acceptors (Lipinski definition) is 9. The van der Waals surface area contributed by atoms with Crippen molar-refractivity contribution in [3.63, 3.8) is 0 Å². The molecule has 0 aromatic carbocycles. The van der Waals surface area contributed by atoms with Crippen molar-refractivity contribution < 1.29 is 15.3 Å². The van der Waals surface area contributed by atoms with Crippen molar-refractivity contribution in [2.45, 2.75) is 66.1 Å². The van der Waals surface area contributed by atoms with E-state index in [-0.39, 0.29) is 17.8 Å². The van der Waals surface area contributed by atoms with Crippen molar-refractivity contribution in [2.24, 2.45) is 15.7 Å². The molecule has 4 N–H and O–H groups in total. The van der Waals surface area contributed by atoms with Crippen molar-refractivity contribution in [2.75, 3.05) is 13.1 Å². The minimum atomic E-state index is -0.664. The van der Waals surface area contributed by atoms with Crippen LogP contribution in [-0.2, 0) is 6.54 Å². The summed E-state index contributed by atoms with van der Waals surface area (Å²) in [5, 5.41) is 42.8. The van der Waals surface area contributed by atoms with Crippen LogP contribution in [0.2, 0.25) is 0 Å². The average Bonchev–Trinajstić information content (AvgIpc) is 3.11. The van der Waals surface area contributed by atoms with Crippen molar-refractivity contribution >= 4 is 17.2 Å². The van der Waals surface area contributed by atoms with Gasteiger partial charge in [-0.1, -0.05) is 24.2 Å². The Morgan fingerprint density at radius 1 is 1.14 bits per heavy atom. The van der Waals surface area contributed by atoms with Gasteiger partial charge in [0.25, 0.3) is 0 Å². The molecule has 0 amide bonds. The van der Waals surface area contributed by atoms with Crippen LogP contribution >= 0.6 is 0 Å². The quantitative estimate of drug-likeness (QED) is 0.189. The number of imidazole rings is 1. The van der Waals surface area contributed by atoms with E-state index in [0.717, 1.165) is 0 Å². The molecular formula is C18H33N7O4. The van der Waals surface area contributed by atoms with E-state index in [4.69, 9.17) is 5.21 Å². The lowest BCUT2D eigenvalue weighted by atomic mass is 9.88. The van der Waals surface area contributed by atoms with E-state index in [1.807, 2.05) is 27.7 Å². The maximum Gasteiger partial charge on any atom is 0.381 e. The standard InChI is InChI=1S/C18H33N7O4/c1-13(22-26)17(4,5)20-10-16(2,3)11-21-18(6,7)14(23-27)8-24-9-15(19-12-24)25(28)29/h9,12,20-21,26-27H,8,10-11H2,1-7H3. The molecule has 0 spiro atoms. The average molecular weight is 412 g/mol. The van der Waals surface area contributed by atoms with E-state index < -0.39 is 16.0 Å². The summed E-state index contributed by atoms with van der Waals surface area (Å²) in [7, 11) is 0. The predicted octanol–water partition coefficient (Wildman–Crippen LogP) is 2.23. The maximum atomic E-state index is 10.8. The van der Waals surface area contributed by atoms with Crippen LogP contribution in [-0.4, -0.2) is 60.5 Å². The topological polar surface area (TPSA) is 150 Å². The van der Waals surface area contributed by atoms with Gasteiger partial charge in [0.2, 0.25) is 6.33 Å². The van der Waals surface area contributed by atoms with Crippen LogP contribution in [0.3, 0.4) is 0 Å².